The molecule has 3 heterocycles. The predicted molar refractivity (Wildman–Crippen MR) is 128 cm³/mol. The van der Waals surface area contributed by atoms with Crippen LogP contribution in [0.5, 0.6) is 5.75 Å². The van der Waals surface area contributed by atoms with Gasteiger partial charge in [-0.2, -0.15) is 0 Å². The number of para-hydroxylation sites is 1. The highest BCUT2D eigenvalue weighted by molar-refractivity contribution is 5.86. The molecule has 0 radical (unpaired) electrons. The van der Waals surface area contributed by atoms with E-state index < -0.39 is 5.60 Å². The third-order valence-corrected chi connectivity index (χ3v) is 7.38. The van der Waals surface area contributed by atoms with Crippen LogP contribution in [0.3, 0.4) is 0 Å². The molecule has 0 bridgehead atoms. The predicted octanol–water partition coefficient (Wildman–Crippen LogP) is 3.65. The maximum Gasteiger partial charge on any atom is 0.267 e. The average Bonchev–Trinajstić information content (AvgIpc) is 2.89. The van der Waals surface area contributed by atoms with Crippen molar-refractivity contribution < 1.29 is 9.53 Å². The number of benzene rings is 1. The van der Waals surface area contributed by atoms with Crippen molar-refractivity contribution in [3.8, 4) is 5.75 Å². The van der Waals surface area contributed by atoms with Gasteiger partial charge in [-0.25, -0.2) is 9.97 Å². The zero-order valence-electron chi connectivity index (χ0n) is 19.6. The highest BCUT2D eigenvalue weighted by atomic mass is 16.5. The lowest BCUT2D eigenvalue weighted by Crippen LogP contribution is -2.55. The maximum absolute atomic E-state index is 14.0. The smallest absolute Gasteiger partial charge is 0.267 e. The van der Waals surface area contributed by atoms with Crippen LogP contribution in [0.15, 0.2) is 30.3 Å². The zero-order chi connectivity index (χ0) is 22.7. The van der Waals surface area contributed by atoms with Gasteiger partial charge in [-0.05, 0) is 63.6 Å². The molecule has 2 aliphatic heterocycles. The summed E-state index contributed by atoms with van der Waals surface area (Å²) in [6, 6.07) is 9.80. The summed E-state index contributed by atoms with van der Waals surface area (Å²) in [7, 11) is 1.92. The van der Waals surface area contributed by atoms with Gasteiger partial charge in [-0.3, -0.25) is 4.79 Å². The number of carbonyl (C=O) groups excluding carboxylic acids is 1. The number of rotatable bonds is 5. The van der Waals surface area contributed by atoms with Gasteiger partial charge < -0.3 is 20.3 Å². The SMILES string of the molecule is CNc1nc([C@H]2CCCNC2)nc2c1CCN(C(=O)C1(Oc3ccccc3)CCCCC1)C2. The highest BCUT2D eigenvalue weighted by Crippen LogP contribution is 2.36. The van der Waals surface area contributed by atoms with Crippen molar-refractivity contribution in [1.29, 1.82) is 0 Å². The van der Waals surface area contributed by atoms with Gasteiger partial charge >= 0.3 is 0 Å². The number of carbonyl (C=O) groups is 1. The van der Waals surface area contributed by atoms with Crippen molar-refractivity contribution in [2.24, 2.45) is 0 Å². The molecule has 1 atom stereocenters. The lowest BCUT2D eigenvalue weighted by atomic mass is 9.83. The number of nitrogens with one attached hydrogen (secondary N) is 2. The van der Waals surface area contributed by atoms with Crippen molar-refractivity contribution in [3.63, 3.8) is 0 Å². The van der Waals surface area contributed by atoms with Gasteiger partial charge in [-0.15, -0.1) is 0 Å². The Bertz CT molecular complexity index is 968. The molecule has 1 saturated carbocycles. The Morgan fingerprint density at radius 1 is 1.15 bits per heavy atom. The Kier molecular flexibility index (Phi) is 6.49. The molecule has 5 rings (SSSR count). The number of nitrogens with zero attached hydrogens (tertiary/aromatic N) is 3. The van der Waals surface area contributed by atoms with Crippen LogP contribution < -0.4 is 15.4 Å². The summed E-state index contributed by atoms with van der Waals surface area (Å²) < 4.78 is 6.47. The molecule has 0 spiro atoms. The minimum atomic E-state index is -0.772. The number of anilines is 1. The van der Waals surface area contributed by atoms with E-state index in [0.29, 0.717) is 19.0 Å². The van der Waals surface area contributed by atoms with Gasteiger partial charge in [-0.1, -0.05) is 24.6 Å². The van der Waals surface area contributed by atoms with Crippen LogP contribution in [0.2, 0.25) is 0 Å². The monoisotopic (exact) mass is 449 g/mol. The Labute approximate surface area is 196 Å². The third-order valence-electron chi connectivity index (χ3n) is 7.38. The Balaban J connectivity index is 1.41. The summed E-state index contributed by atoms with van der Waals surface area (Å²) in [5.74, 6) is 3.03. The highest BCUT2D eigenvalue weighted by Gasteiger charge is 2.45. The molecule has 33 heavy (non-hydrogen) atoms. The summed E-state index contributed by atoms with van der Waals surface area (Å²) in [5, 5.41) is 6.75. The molecule has 176 valence electrons. The Morgan fingerprint density at radius 2 is 1.97 bits per heavy atom. The van der Waals surface area contributed by atoms with E-state index in [9.17, 15) is 4.79 Å². The summed E-state index contributed by atoms with van der Waals surface area (Å²) >= 11 is 0. The molecule has 7 nitrogen and oxygen atoms in total. The second kappa shape index (κ2) is 9.67. The quantitative estimate of drug-likeness (QED) is 0.725. The van der Waals surface area contributed by atoms with E-state index in [4.69, 9.17) is 14.7 Å². The van der Waals surface area contributed by atoms with Crippen molar-refractivity contribution >= 4 is 11.7 Å². The Morgan fingerprint density at radius 3 is 2.70 bits per heavy atom. The van der Waals surface area contributed by atoms with Crippen LogP contribution in [-0.2, 0) is 17.8 Å². The van der Waals surface area contributed by atoms with E-state index in [1.165, 1.54) is 0 Å². The molecule has 2 aromatic rings. The van der Waals surface area contributed by atoms with Gasteiger partial charge in [0.05, 0.1) is 12.2 Å². The first-order valence-corrected chi connectivity index (χ1v) is 12.5. The van der Waals surface area contributed by atoms with Crippen LogP contribution in [0.25, 0.3) is 0 Å². The van der Waals surface area contributed by atoms with Crippen LogP contribution >= 0.6 is 0 Å². The largest absolute Gasteiger partial charge is 0.477 e. The van der Waals surface area contributed by atoms with Gasteiger partial charge in [0.25, 0.3) is 5.91 Å². The van der Waals surface area contributed by atoms with Crippen molar-refractivity contribution in [1.82, 2.24) is 20.2 Å². The van der Waals surface area contributed by atoms with E-state index >= 15 is 0 Å². The molecule has 2 fully saturated rings. The lowest BCUT2D eigenvalue weighted by Gasteiger charge is -2.41. The molecule has 3 aliphatic rings. The lowest BCUT2D eigenvalue weighted by molar-refractivity contribution is -0.152. The number of amides is 1. The van der Waals surface area contributed by atoms with Gasteiger partial charge in [0.2, 0.25) is 0 Å². The minimum Gasteiger partial charge on any atom is -0.477 e. The molecular formula is C26H35N5O2. The molecule has 1 aromatic carbocycles. The fourth-order valence-corrected chi connectivity index (χ4v) is 5.57. The molecular weight excluding hydrogens is 414 g/mol. The summed E-state index contributed by atoms with van der Waals surface area (Å²) in [4.78, 5) is 25.8. The number of fused-ring (bicyclic) bond motifs is 1. The topological polar surface area (TPSA) is 79.4 Å². The van der Waals surface area contributed by atoms with Crippen LogP contribution in [0, 0.1) is 0 Å². The molecule has 2 N–H and O–H groups in total. The van der Waals surface area contributed by atoms with Crippen molar-refractivity contribution in [2.75, 3.05) is 32.0 Å². The number of ether oxygens (including phenoxy) is 1. The number of aromatic nitrogens is 2. The number of hydrogen-bond acceptors (Lipinski definition) is 6. The van der Waals surface area contributed by atoms with E-state index in [1.807, 2.05) is 42.3 Å². The van der Waals surface area contributed by atoms with Crippen molar-refractivity contribution in [2.45, 2.75) is 69.4 Å². The van der Waals surface area contributed by atoms with Crippen LogP contribution in [-0.4, -0.2) is 53.1 Å². The van der Waals surface area contributed by atoms with E-state index in [-0.39, 0.29) is 5.91 Å². The molecule has 0 unspecified atom stereocenters. The molecule has 1 amide bonds. The molecule has 1 aromatic heterocycles. The van der Waals surface area contributed by atoms with E-state index in [2.05, 4.69) is 10.6 Å². The second-order valence-corrected chi connectivity index (χ2v) is 9.60. The summed E-state index contributed by atoms with van der Waals surface area (Å²) in [5.41, 5.74) is 1.36. The zero-order valence-corrected chi connectivity index (χ0v) is 19.6. The molecule has 7 heteroatoms. The molecule has 1 aliphatic carbocycles. The second-order valence-electron chi connectivity index (χ2n) is 9.60. The fourth-order valence-electron chi connectivity index (χ4n) is 5.57. The molecule has 1 saturated heterocycles. The van der Waals surface area contributed by atoms with E-state index in [1.54, 1.807) is 0 Å². The maximum atomic E-state index is 14.0. The number of piperidine rings is 1. The van der Waals surface area contributed by atoms with Gasteiger partial charge in [0.15, 0.2) is 5.60 Å². The fraction of sp³-hybridized carbons (Fsp3) is 0.577. The first-order valence-electron chi connectivity index (χ1n) is 12.5. The summed E-state index contributed by atoms with van der Waals surface area (Å²) in [6.45, 7) is 3.18. The minimum absolute atomic E-state index is 0.113. The van der Waals surface area contributed by atoms with Crippen LogP contribution in [0.1, 0.15) is 67.9 Å². The number of hydrogen-bond donors (Lipinski definition) is 2. The van der Waals surface area contributed by atoms with E-state index in [0.717, 1.165) is 93.1 Å². The van der Waals surface area contributed by atoms with Gasteiger partial charge in [0.1, 0.15) is 17.4 Å². The average molecular weight is 450 g/mol. The Hall–Kier alpha value is -2.67. The first-order chi connectivity index (χ1) is 16.2. The third kappa shape index (κ3) is 4.56. The van der Waals surface area contributed by atoms with Crippen molar-refractivity contribution in [3.05, 3.63) is 47.4 Å². The standard InChI is InChI=1S/C26H35N5O2/c1-27-24-21-12-16-31(18-22(21)29-23(30-24)19-9-8-15-28-17-19)25(32)26(13-6-3-7-14-26)33-20-10-4-2-5-11-20/h2,4-5,10-11,19,28H,3,6-9,12-18H2,1H3,(H,27,29,30)/t19-/m0/s1. The van der Waals surface area contributed by atoms with Gasteiger partial charge in [0, 0.05) is 31.6 Å². The van der Waals surface area contributed by atoms with Crippen LogP contribution in [0.4, 0.5) is 5.82 Å². The first kappa shape index (κ1) is 22.1. The summed E-state index contributed by atoms with van der Waals surface area (Å²) in [6.07, 6.45) is 7.76. The normalized spacial score (nSPS) is 22.3.